The number of carbonyl (C=O) groups is 2. The summed E-state index contributed by atoms with van der Waals surface area (Å²) in [5.41, 5.74) is 1.30. The Morgan fingerprint density at radius 1 is 0.645 bits per heavy atom. The third-order valence-corrected chi connectivity index (χ3v) is 5.48. The van der Waals surface area contributed by atoms with Crippen molar-refractivity contribution in [1.29, 1.82) is 0 Å². The molecule has 0 aliphatic rings. The number of carbonyl (C=O) groups excluding carboxylic acids is 2. The Bertz CT molecular complexity index is 877. The molecular formula is C22H26O8S. The van der Waals surface area contributed by atoms with Crippen LogP contribution in [-0.2, 0) is 40.4 Å². The molecule has 0 fully saturated rings. The molecule has 8 nitrogen and oxygen atoms in total. The van der Waals surface area contributed by atoms with E-state index in [1.54, 1.807) is 48.5 Å². The number of hydrogen-bond acceptors (Lipinski definition) is 8. The fourth-order valence-corrected chi connectivity index (χ4v) is 4.12. The summed E-state index contributed by atoms with van der Waals surface area (Å²) in [6.45, 7) is 3.40. The minimum absolute atomic E-state index is 0.0959. The molecule has 0 bridgehead atoms. The number of rotatable bonds is 12. The van der Waals surface area contributed by atoms with Gasteiger partial charge in [0.1, 0.15) is 37.9 Å². The lowest BCUT2D eigenvalue weighted by atomic mass is 10.2. The van der Waals surface area contributed by atoms with E-state index in [1.807, 2.05) is 0 Å². The van der Waals surface area contributed by atoms with Gasteiger partial charge in [-0.3, -0.25) is 9.59 Å². The smallest absolute Gasteiger partial charge is 0.302 e. The zero-order valence-corrected chi connectivity index (χ0v) is 18.4. The second-order valence-electron chi connectivity index (χ2n) is 6.70. The first kappa shape index (κ1) is 24.2. The first-order valence-corrected chi connectivity index (χ1v) is 11.5. The van der Waals surface area contributed by atoms with Crippen LogP contribution in [0, 0.1) is 0 Å². The summed E-state index contributed by atoms with van der Waals surface area (Å²) in [5.74, 6) is 0.203. The van der Waals surface area contributed by atoms with Crippen molar-refractivity contribution in [2.45, 2.75) is 25.4 Å². The summed E-state index contributed by atoms with van der Waals surface area (Å²) >= 11 is 0. The SMILES string of the molecule is CC(=O)OCCOc1ccc(CS(=O)(=O)Cc2ccc(OCCOC(C)=O)cc2)cc1. The van der Waals surface area contributed by atoms with Gasteiger partial charge in [-0.25, -0.2) is 8.42 Å². The lowest BCUT2D eigenvalue weighted by Crippen LogP contribution is -2.10. The van der Waals surface area contributed by atoms with E-state index in [4.69, 9.17) is 18.9 Å². The molecule has 0 amide bonds. The van der Waals surface area contributed by atoms with Crippen LogP contribution in [0.3, 0.4) is 0 Å². The maximum absolute atomic E-state index is 12.5. The van der Waals surface area contributed by atoms with Crippen molar-refractivity contribution in [2.24, 2.45) is 0 Å². The molecule has 0 radical (unpaired) electrons. The molecule has 168 valence electrons. The number of hydrogen-bond donors (Lipinski definition) is 0. The minimum atomic E-state index is -3.37. The molecule has 0 aliphatic heterocycles. The van der Waals surface area contributed by atoms with E-state index >= 15 is 0 Å². The highest BCUT2D eigenvalue weighted by Crippen LogP contribution is 2.18. The van der Waals surface area contributed by atoms with Crippen molar-refractivity contribution in [3.63, 3.8) is 0 Å². The summed E-state index contributed by atoms with van der Waals surface area (Å²) in [4.78, 5) is 21.4. The van der Waals surface area contributed by atoms with Gasteiger partial charge in [-0.2, -0.15) is 0 Å². The predicted molar refractivity (Wildman–Crippen MR) is 113 cm³/mol. The maximum atomic E-state index is 12.5. The summed E-state index contributed by atoms with van der Waals surface area (Å²) in [6, 6.07) is 13.5. The first-order valence-electron chi connectivity index (χ1n) is 9.64. The van der Waals surface area contributed by atoms with Gasteiger partial charge in [-0.05, 0) is 35.4 Å². The highest BCUT2D eigenvalue weighted by Gasteiger charge is 2.13. The Labute approximate surface area is 182 Å². The molecule has 2 aromatic carbocycles. The molecule has 0 heterocycles. The van der Waals surface area contributed by atoms with Crippen LogP contribution in [-0.4, -0.2) is 46.8 Å². The molecule has 0 spiro atoms. The standard InChI is InChI=1S/C22H26O8S/c1-17(23)27-11-13-29-21-7-3-19(4-8-21)15-31(25,26)16-20-5-9-22(10-6-20)30-14-12-28-18(2)24/h3-10H,11-16H2,1-2H3. The molecule has 0 N–H and O–H groups in total. The van der Waals surface area contributed by atoms with Gasteiger partial charge in [0.15, 0.2) is 9.84 Å². The third kappa shape index (κ3) is 9.99. The Balaban J connectivity index is 1.81. The Morgan fingerprint density at radius 3 is 1.32 bits per heavy atom. The van der Waals surface area contributed by atoms with E-state index in [0.717, 1.165) is 0 Å². The molecule has 0 aliphatic carbocycles. The summed E-state index contributed by atoms with van der Waals surface area (Å²) in [7, 11) is -3.37. The van der Waals surface area contributed by atoms with Crippen molar-refractivity contribution in [3.8, 4) is 11.5 Å². The van der Waals surface area contributed by atoms with E-state index in [1.165, 1.54) is 13.8 Å². The quantitative estimate of drug-likeness (QED) is 0.359. The van der Waals surface area contributed by atoms with Crippen LogP contribution in [0.25, 0.3) is 0 Å². The van der Waals surface area contributed by atoms with E-state index in [9.17, 15) is 18.0 Å². The van der Waals surface area contributed by atoms with Crippen LogP contribution < -0.4 is 9.47 Å². The number of esters is 2. The van der Waals surface area contributed by atoms with Gasteiger partial charge in [0.2, 0.25) is 0 Å². The fraction of sp³-hybridized carbons (Fsp3) is 0.364. The van der Waals surface area contributed by atoms with Gasteiger partial charge >= 0.3 is 11.9 Å². The topological polar surface area (TPSA) is 105 Å². The number of sulfone groups is 1. The average molecular weight is 451 g/mol. The second-order valence-corrected chi connectivity index (χ2v) is 8.76. The lowest BCUT2D eigenvalue weighted by Gasteiger charge is -2.09. The fourth-order valence-electron chi connectivity index (χ4n) is 2.61. The zero-order valence-electron chi connectivity index (χ0n) is 17.5. The van der Waals surface area contributed by atoms with E-state index < -0.39 is 9.84 Å². The monoisotopic (exact) mass is 450 g/mol. The molecule has 0 saturated carbocycles. The van der Waals surface area contributed by atoms with Crippen LogP contribution in [0.15, 0.2) is 48.5 Å². The largest absolute Gasteiger partial charge is 0.490 e. The van der Waals surface area contributed by atoms with Gasteiger partial charge in [-0.1, -0.05) is 24.3 Å². The molecule has 2 aromatic rings. The molecule has 2 rings (SSSR count). The zero-order chi connectivity index (χ0) is 22.7. The first-order chi connectivity index (χ1) is 14.7. The summed E-state index contributed by atoms with van der Waals surface area (Å²) in [5, 5.41) is 0. The van der Waals surface area contributed by atoms with E-state index in [-0.39, 0.29) is 49.9 Å². The van der Waals surface area contributed by atoms with Gasteiger partial charge in [0, 0.05) is 13.8 Å². The van der Waals surface area contributed by atoms with Crippen molar-refractivity contribution >= 4 is 21.8 Å². The summed E-state index contributed by atoms with van der Waals surface area (Å²) in [6.07, 6.45) is 0. The number of ether oxygens (including phenoxy) is 4. The van der Waals surface area contributed by atoms with Crippen molar-refractivity contribution in [2.75, 3.05) is 26.4 Å². The van der Waals surface area contributed by atoms with Crippen LogP contribution in [0.5, 0.6) is 11.5 Å². The highest BCUT2D eigenvalue weighted by atomic mass is 32.2. The molecule has 31 heavy (non-hydrogen) atoms. The van der Waals surface area contributed by atoms with Gasteiger partial charge in [0.05, 0.1) is 11.5 Å². The van der Waals surface area contributed by atoms with Gasteiger partial charge in [0.25, 0.3) is 0 Å². The lowest BCUT2D eigenvalue weighted by molar-refractivity contribution is -0.142. The minimum Gasteiger partial charge on any atom is -0.490 e. The predicted octanol–water partition coefficient (Wildman–Crippen LogP) is 2.69. The van der Waals surface area contributed by atoms with Gasteiger partial charge < -0.3 is 18.9 Å². The van der Waals surface area contributed by atoms with E-state index in [0.29, 0.717) is 22.6 Å². The van der Waals surface area contributed by atoms with Crippen molar-refractivity contribution < 1.29 is 37.0 Å². The maximum Gasteiger partial charge on any atom is 0.302 e. The van der Waals surface area contributed by atoms with Crippen molar-refractivity contribution in [3.05, 3.63) is 59.7 Å². The molecule has 9 heteroatoms. The van der Waals surface area contributed by atoms with Gasteiger partial charge in [-0.15, -0.1) is 0 Å². The molecule has 0 aromatic heterocycles. The van der Waals surface area contributed by atoms with Crippen LogP contribution in [0.4, 0.5) is 0 Å². The Kier molecular flexibility index (Phi) is 9.33. The van der Waals surface area contributed by atoms with Crippen molar-refractivity contribution in [1.82, 2.24) is 0 Å². The normalized spacial score (nSPS) is 10.9. The Hall–Kier alpha value is -3.07. The Morgan fingerprint density at radius 2 is 1.00 bits per heavy atom. The van der Waals surface area contributed by atoms with E-state index in [2.05, 4.69) is 0 Å². The molecule has 0 unspecified atom stereocenters. The number of benzene rings is 2. The molecule has 0 atom stereocenters. The highest BCUT2D eigenvalue weighted by molar-refractivity contribution is 7.89. The average Bonchev–Trinajstić information content (AvgIpc) is 2.70. The second kappa shape index (κ2) is 11.9. The van der Waals surface area contributed by atoms with Crippen LogP contribution >= 0.6 is 0 Å². The van der Waals surface area contributed by atoms with Crippen LogP contribution in [0.1, 0.15) is 25.0 Å². The summed E-state index contributed by atoms with van der Waals surface area (Å²) < 4.78 is 45.5. The van der Waals surface area contributed by atoms with Crippen LogP contribution in [0.2, 0.25) is 0 Å². The third-order valence-electron chi connectivity index (χ3n) is 3.93. The molecule has 0 saturated heterocycles. The molecular weight excluding hydrogens is 424 g/mol.